The van der Waals surface area contributed by atoms with Gasteiger partial charge in [0, 0.05) is 20.9 Å². The van der Waals surface area contributed by atoms with Crippen molar-refractivity contribution in [3.8, 4) is 22.3 Å². The first-order valence-electron chi connectivity index (χ1n) is 8.52. The van der Waals surface area contributed by atoms with Crippen molar-refractivity contribution in [3.63, 3.8) is 0 Å². The van der Waals surface area contributed by atoms with Gasteiger partial charge < -0.3 is 10.5 Å². The number of nitriles is 1. The van der Waals surface area contributed by atoms with Crippen molar-refractivity contribution >= 4 is 23.1 Å². The zero-order valence-corrected chi connectivity index (χ0v) is 15.8. The average Bonchev–Trinajstić information content (AvgIpc) is 3.07. The number of benzene rings is 1. The zero-order chi connectivity index (χ0) is 17.4. The lowest BCUT2D eigenvalue weighted by molar-refractivity contribution is 0.264. The monoisotopic (exact) mass is 371 g/mol. The molecule has 1 aliphatic heterocycles. The Morgan fingerprint density at radius 1 is 1.36 bits per heavy atom. The second-order valence-electron chi connectivity index (χ2n) is 6.60. The summed E-state index contributed by atoms with van der Waals surface area (Å²) in [6, 6.07) is 10.1. The highest BCUT2D eigenvalue weighted by Gasteiger charge is 2.41. The standard InChI is InChI=1S/C19H21N3OS2/c1-23-15-5-4-12(11-20)9-13(15)17-10-14-16(25-17)3-2-6-19(14)7-8-24-18(21)22-19/h4-5,9-10,18,22H,2-3,6-8,21H2,1H3. The molecule has 2 atom stereocenters. The third-order valence-electron chi connectivity index (χ3n) is 5.17. The fourth-order valence-electron chi connectivity index (χ4n) is 3.96. The van der Waals surface area contributed by atoms with E-state index in [1.165, 1.54) is 21.7 Å². The Labute approximate surface area is 156 Å². The molecule has 25 heavy (non-hydrogen) atoms. The minimum Gasteiger partial charge on any atom is -0.496 e. The van der Waals surface area contributed by atoms with E-state index in [9.17, 15) is 5.26 Å². The first-order chi connectivity index (χ1) is 12.1. The van der Waals surface area contributed by atoms with Gasteiger partial charge in [0.25, 0.3) is 0 Å². The van der Waals surface area contributed by atoms with Crippen molar-refractivity contribution in [2.75, 3.05) is 12.9 Å². The molecule has 1 saturated heterocycles. The summed E-state index contributed by atoms with van der Waals surface area (Å²) in [5, 5.41) is 12.9. The van der Waals surface area contributed by atoms with E-state index in [1.807, 2.05) is 23.5 Å². The third kappa shape index (κ3) is 2.96. The third-order valence-corrected chi connectivity index (χ3v) is 7.32. The summed E-state index contributed by atoms with van der Waals surface area (Å²) in [5.74, 6) is 1.90. The molecule has 1 aromatic carbocycles. The maximum absolute atomic E-state index is 9.25. The van der Waals surface area contributed by atoms with E-state index < -0.39 is 0 Å². The van der Waals surface area contributed by atoms with E-state index >= 15 is 0 Å². The lowest BCUT2D eigenvalue weighted by atomic mass is 9.78. The summed E-state index contributed by atoms with van der Waals surface area (Å²) >= 11 is 3.62. The van der Waals surface area contributed by atoms with E-state index in [-0.39, 0.29) is 11.0 Å². The molecule has 2 aromatic rings. The highest BCUT2D eigenvalue weighted by atomic mass is 32.2. The summed E-state index contributed by atoms with van der Waals surface area (Å²) < 4.78 is 5.54. The highest BCUT2D eigenvalue weighted by molar-refractivity contribution is 7.99. The van der Waals surface area contributed by atoms with Crippen molar-refractivity contribution in [1.82, 2.24) is 5.32 Å². The Hall–Kier alpha value is -1.52. The van der Waals surface area contributed by atoms with Crippen LogP contribution < -0.4 is 15.8 Å². The molecule has 0 saturated carbocycles. The predicted octanol–water partition coefficient (Wildman–Crippen LogP) is 3.80. The number of hydrogen-bond acceptors (Lipinski definition) is 6. The van der Waals surface area contributed by atoms with Gasteiger partial charge in [-0.2, -0.15) is 5.26 Å². The maximum Gasteiger partial charge on any atom is 0.127 e. The molecule has 2 aliphatic rings. The van der Waals surface area contributed by atoms with Crippen molar-refractivity contribution in [1.29, 1.82) is 5.26 Å². The number of ether oxygens (including phenoxy) is 1. The number of fused-ring (bicyclic) bond motifs is 2. The van der Waals surface area contributed by atoms with Crippen LogP contribution in [0.3, 0.4) is 0 Å². The molecule has 130 valence electrons. The number of nitrogens with two attached hydrogens (primary N) is 1. The molecular formula is C19H21N3OS2. The molecule has 0 radical (unpaired) electrons. The average molecular weight is 372 g/mol. The summed E-state index contributed by atoms with van der Waals surface area (Å²) in [5.41, 5.74) is 9.27. The van der Waals surface area contributed by atoms with Crippen LogP contribution in [-0.2, 0) is 12.0 Å². The lowest BCUT2D eigenvalue weighted by Crippen LogP contribution is -2.54. The summed E-state index contributed by atoms with van der Waals surface area (Å²) in [6.07, 6.45) is 4.56. The smallest absolute Gasteiger partial charge is 0.127 e. The second-order valence-corrected chi connectivity index (χ2v) is 8.98. The highest BCUT2D eigenvalue weighted by Crippen LogP contribution is 2.48. The summed E-state index contributed by atoms with van der Waals surface area (Å²) in [7, 11) is 1.68. The van der Waals surface area contributed by atoms with Crippen molar-refractivity contribution in [3.05, 3.63) is 40.3 Å². The molecule has 0 bridgehead atoms. The van der Waals surface area contributed by atoms with E-state index in [0.717, 1.165) is 36.3 Å². The minimum atomic E-state index is -0.000460. The van der Waals surface area contributed by atoms with Crippen LogP contribution >= 0.6 is 23.1 Å². The van der Waals surface area contributed by atoms with Crippen molar-refractivity contribution in [2.24, 2.45) is 5.73 Å². The van der Waals surface area contributed by atoms with E-state index in [2.05, 4.69) is 17.5 Å². The van der Waals surface area contributed by atoms with Gasteiger partial charge in [-0.15, -0.1) is 23.1 Å². The normalized spacial score (nSPS) is 25.4. The van der Waals surface area contributed by atoms with Gasteiger partial charge >= 0.3 is 0 Å². The number of nitrogens with one attached hydrogen (secondary N) is 1. The molecule has 1 aromatic heterocycles. The molecule has 2 heterocycles. The lowest BCUT2D eigenvalue weighted by Gasteiger charge is -2.43. The Kier molecular flexibility index (Phi) is 4.50. The van der Waals surface area contributed by atoms with Gasteiger partial charge in [-0.1, -0.05) is 0 Å². The van der Waals surface area contributed by atoms with Gasteiger partial charge in [0.05, 0.1) is 18.7 Å². The largest absolute Gasteiger partial charge is 0.496 e. The Bertz CT molecular complexity index is 842. The van der Waals surface area contributed by atoms with Crippen LogP contribution in [0.4, 0.5) is 0 Å². The molecule has 4 rings (SSSR count). The van der Waals surface area contributed by atoms with Gasteiger partial charge in [-0.25, -0.2) is 0 Å². The van der Waals surface area contributed by atoms with Crippen LogP contribution in [0.1, 0.15) is 35.3 Å². The van der Waals surface area contributed by atoms with E-state index in [0.29, 0.717) is 5.56 Å². The molecule has 2 unspecified atom stereocenters. The molecule has 3 N–H and O–H groups in total. The Morgan fingerprint density at radius 3 is 3.00 bits per heavy atom. The topological polar surface area (TPSA) is 71.1 Å². The van der Waals surface area contributed by atoms with Crippen LogP contribution in [0.15, 0.2) is 24.3 Å². The van der Waals surface area contributed by atoms with Crippen LogP contribution in [-0.4, -0.2) is 18.4 Å². The fourth-order valence-corrected chi connectivity index (χ4v) is 6.32. The number of nitrogens with zero attached hydrogens (tertiary/aromatic N) is 1. The van der Waals surface area contributed by atoms with Gasteiger partial charge in [-0.3, -0.25) is 5.32 Å². The number of hydrogen-bond donors (Lipinski definition) is 2. The number of methoxy groups -OCH3 is 1. The second kappa shape index (κ2) is 6.65. The van der Waals surface area contributed by atoms with Gasteiger partial charge in [0.2, 0.25) is 0 Å². The molecule has 6 heteroatoms. The van der Waals surface area contributed by atoms with Crippen molar-refractivity contribution in [2.45, 2.75) is 36.7 Å². The molecule has 1 aliphatic carbocycles. The van der Waals surface area contributed by atoms with Crippen LogP contribution in [0, 0.1) is 11.3 Å². The first kappa shape index (κ1) is 16.9. The molecular weight excluding hydrogens is 350 g/mol. The van der Waals surface area contributed by atoms with Crippen LogP contribution in [0.5, 0.6) is 5.75 Å². The Morgan fingerprint density at radius 2 is 2.24 bits per heavy atom. The van der Waals surface area contributed by atoms with Gasteiger partial charge in [0.15, 0.2) is 0 Å². The van der Waals surface area contributed by atoms with Gasteiger partial charge in [-0.05, 0) is 61.3 Å². The van der Waals surface area contributed by atoms with E-state index in [4.69, 9.17) is 10.5 Å². The summed E-state index contributed by atoms with van der Waals surface area (Å²) in [6.45, 7) is 0. The zero-order valence-electron chi connectivity index (χ0n) is 14.2. The number of thiophene rings is 1. The minimum absolute atomic E-state index is 0.000460. The van der Waals surface area contributed by atoms with Gasteiger partial charge in [0.1, 0.15) is 11.2 Å². The molecule has 4 nitrogen and oxygen atoms in total. The van der Waals surface area contributed by atoms with Crippen LogP contribution in [0.25, 0.3) is 10.4 Å². The number of thioether (sulfide) groups is 1. The first-order valence-corrected chi connectivity index (χ1v) is 10.4. The number of rotatable bonds is 2. The molecule has 0 amide bonds. The fraction of sp³-hybridized carbons (Fsp3) is 0.421. The SMILES string of the molecule is COc1ccc(C#N)cc1-c1cc2c(s1)CCCC21CCSC(N)N1. The molecule has 1 spiro atoms. The van der Waals surface area contributed by atoms with E-state index in [1.54, 1.807) is 24.9 Å². The predicted molar refractivity (Wildman–Crippen MR) is 104 cm³/mol. The van der Waals surface area contributed by atoms with Crippen LogP contribution in [0.2, 0.25) is 0 Å². The molecule has 1 fully saturated rings. The Balaban J connectivity index is 1.80. The van der Waals surface area contributed by atoms with Crippen molar-refractivity contribution < 1.29 is 4.74 Å². The number of aryl methyl sites for hydroxylation is 1. The summed E-state index contributed by atoms with van der Waals surface area (Å²) in [4.78, 5) is 2.62. The maximum atomic E-state index is 9.25. The quantitative estimate of drug-likeness (QED) is 0.840.